The van der Waals surface area contributed by atoms with Gasteiger partial charge in [-0.3, -0.25) is 4.99 Å². The molecule has 1 fully saturated rings. The molecule has 0 aromatic heterocycles. The van der Waals surface area contributed by atoms with Crippen LogP contribution in [0.5, 0.6) is 0 Å². The normalized spacial score (nSPS) is 23.8. The van der Waals surface area contributed by atoms with Gasteiger partial charge in [0.15, 0.2) is 5.96 Å². The molecule has 1 unspecified atom stereocenters. The van der Waals surface area contributed by atoms with Crippen molar-refractivity contribution in [1.82, 2.24) is 10.2 Å². The van der Waals surface area contributed by atoms with Crippen LogP contribution in [0, 0.1) is 0 Å². The fraction of sp³-hybridized carbons (Fsp3) is 0.526. The molecule has 0 saturated carbocycles. The van der Waals surface area contributed by atoms with E-state index in [1.54, 1.807) is 0 Å². The van der Waals surface area contributed by atoms with Crippen molar-refractivity contribution in [3.8, 4) is 0 Å². The lowest BCUT2D eigenvalue weighted by atomic mass is 10.00. The molecule has 25 heavy (non-hydrogen) atoms. The summed E-state index contributed by atoms with van der Waals surface area (Å²) >= 11 is 1.82. The van der Waals surface area contributed by atoms with Gasteiger partial charge >= 0.3 is 0 Å². The SMILES string of the molecule is CCNC(=NCC1(O)CCSC1)N1CC=C(c2ccccc2)CC1.I. The van der Waals surface area contributed by atoms with Crippen molar-refractivity contribution >= 4 is 47.3 Å². The van der Waals surface area contributed by atoms with Gasteiger partial charge in [-0.15, -0.1) is 24.0 Å². The van der Waals surface area contributed by atoms with Gasteiger partial charge in [-0.2, -0.15) is 11.8 Å². The second kappa shape index (κ2) is 9.83. The summed E-state index contributed by atoms with van der Waals surface area (Å²) in [7, 11) is 0. The van der Waals surface area contributed by atoms with Crippen LogP contribution in [0.15, 0.2) is 41.4 Å². The maximum Gasteiger partial charge on any atom is 0.194 e. The van der Waals surface area contributed by atoms with Gasteiger partial charge in [0, 0.05) is 25.4 Å². The lowest BCUT2D eigenvalue weighted by Crippen LogP contribution is -2.44. The minimum atomic E-state index is -0.619. The van der Waals surface area contributed by atoms with E-state index >= 15 is 0 Å². The van der Waals surface area contributed by atoms with Crippen molar-refractivity contribution in [2.24, 2.45) is 4.99 Å². The van der Waals surface area contributed by atoms with E-state index in [9.17, 15) is 5.11 Å². The molecule has 3 rings (SSSR count). The summed E-state index contributed by atoms with van der Waals surface area (Å²) in [4.78, 5) is 7.01. The minimum Gasteiger partial charge on any atom is -0.387 e. The van der Waals surface area contributed by atoms with Crippen LogP contribution < -0.4 is 5.32 Å². The maximum absolute atomic E-state index is 10.5. The van der Waals surface area contributed by atoms with E-state index in [1.807, 2.05) is 11.8 Å². The third-order valence-corrected chi connectivity index (χ3v) is 5.83. The quantitative estimate of drug-likeness (QED) is 0.401. The molecule has 0 radical (unpaired) electrons. The average molecular weight is 473 g/mol. The predicted molar refractivity (Wildman–Crippen MR) is 119 cm³/mol. The van der Waals surface area contributed by atoms with E-state index in [1.165, 1.54) is 11.1 Å². The number of thioether (sulfide) groups is 1. The summed E-state index contributed by atoms with van der Waals surface area (Å²) in [5.74, 6) is 2.76. The van der Waals surface area contributed by atoms with Crippen molar-refractivity contribution in [2.75, 3.05) is 37.7 Å². The van der Waals surface area contributed by atoms with Gasteiger partial charge < -0.3 is 15.3 Å². The molecule has 1 aromatic carbocycles. The average Bonchev–Trinajstić information content (AvgIpc) is 3.06. The number of guanidine groups is 1. The zero-order chi connectivity index (χ0) is 16.8. The molecule has 1 saturated heterocycles. The summed E-state index contributed by atoms with van der Waals surface area (Å²) < 4.78 is 0. The van der Waals surface area contributed by atoms with Crippen molar-refractivity contribution in [3.05, 3.63) is 42.0 Å². The number of hydrogen-bond acceptors (Lipinski definition) is 3. The van der Waals surface area contributed by atoms with Crippen molar-refractivity contribution in [3.63, 3.8) is 0 Å². The highest BCUT2D eigenvalue weighted by molar-refractivity contribution is 14.0. The van der Waals surface area contributed by atoms with E-state index < -0.39 is 5.60 Å². The van der Waals surface area contributed by atoms with Gasteiger partial charge in [0.2, 0.25) is 0 Å². The lowest BCUT2D eigenvalue weighted by Gasteiger charge is -2.30. The second-order valence-corrected chi connectivity index (χ2v) is 7.59. The number of aliphatic hydroxyl groups is 1. The second-order valence-electron chi connectivity index (χ2n) is 6.49. The van der Waals surface area contributed by atoms with Gasteiger partial charge in [-0.25, -0.2) is 0 Å². The highest BCUT2D eigenvalue weighted by Gasteiger charge is 2.31. The van der Waals surface area contributed by atoms with E-state index in [0.717, 1.165) is 49.9 Å². The molecule has 1 atom stereocenters. The monoisotopic (exact) mass is 473 g/mol. The van der Waals surface area contributed by atoms with Crippen LogP contribution in [0.25, 0.3) is 5.57 Å². The van der Waals surface area contributed by atoms with Gasteiger partial charge in [0.25, 0.3) is 0 Å². The molecule has 0 spiro atoms. The van der Waals surface area contributed by atoms with E-state index in [2.05, 4.69) is 53.5 Å². The first kappa shape index (κ1) is 20.6. The molecule has 0 amide bonds. The molecule has 4 nitrogen and oxygen atoms in total. The first-order valence-corrected chi connectivity index (χ1v) is 9.93. The largest absolute Gasteiger partial charge is 0.387 e. The van der Waals surface area contributed by atoms with Gasteiger partial charge in [-0.05, 0) is 36.7 Å². The minimum absolute atomic E-state index is 0. The van der Waals surface area contributed by atoms with Crippen LogP contribution in [0.3, 0.4) is 0 Å². The lowest BCUT2D eigenvalue weighted by molar-refractivity contribution is 0.0776. The van der Waals surface area contributed by atoms with E-state index in [4.69, 9.17) is 4.99 Å². The van der Waals surface area contributed by atoms with Gasteiger partial charge in [-0.1, -0.05) is 36.4 Å². The number of hydrogen-bond donors (Lipinski definition) is 2. The summed E-state index contributed by atoms with van der Waals surface area (Å²) in [5.41, 5.74) is 2.11. The number of nitrogens with zero attached hydrogens (tertiary/aromatic N) is 2. The topological polar surface area (TPSA) is 47.9 Å². The molecule has 1 aromatic rings. The standard InChI is InChI=1S/C19H27N3OS.HI/c1-2-20-18(21-14-19(23)10-13-24-15-19)22-11-8-17(9-12-22)16-6-4-3-5-7-16;/h3-8,23H,2,9-15H2,1H3,(H,20,21);1H. The van der Waals surface area contributed by atoms with Crippen molar-refractivity contribution in [1.29, 1.82) is 0 Å². The molecule has 0 aliphatic carbocycles. The number of benzene rings is 1. The Bertz CT molecular complexity index is 600. The molecular formula is C19H28IN3OS. The van der Waals surface area contributed by atoms with E-state index in [-0.39, 0.29) is 24.0 Å². The fourth-order valence-corrected chi connectivity index (χ4v) is 4.43. The van der Waals surface area contributed by atoms with E-state index in [0.29, 0.717) is 6.54 Å². The number of aliphatic imine (C=N–C) groups is 1. The zero-order valence-corrected chi connectivity index (χ0v) is 17.9. The highest BCUT2D eigenvalue weighted by atomic mass is 127. The molecule has 6 heteroatoms. The van der Waals surface area contributed by atoms with Crippen LogP contribution >= 0.6 is 35.7 Å². The molecule has 0 bridgehead atoms. The Labute approximate surface area is 172 Å². The smallest absolute Gasteiger partial charge is 0.194 e. The Morgan fingerprint density at radius 1 is 1.36 bits per heavy atom. The number of nitrogens with one attached hydrogen (secondary N) is 1. The predicted octanol–water partition coefficient (Wildman–Crippen LogP) is 3.23. The fourth-order valence-electron chi connectivity index (χ4n) is 3.14. The summed E-state index contributed by atoms with van der Waals surface area (Å²) in [6.45, 7) is 5.25. The molecule has 2 aliphatic heterocycles. The summed E-state index contributed by atoms with van der Waals surface area (Å²) in [5, 5.41) is 13.9. The molecule has 2 N–H and O–H groups in total. The third-order valence-electron chi connectivity index (χ3n) is 4.59. The first-order chi connectivity index (χ1) is 11.7. The van der Waals surface area contributed by atoms with Crippen LogP contribution in [0.1, 0.15) is 25.3 Å². The van der Waals surface area contributed by atoms with Crippen LogP contribution in [-0.4, -0.2) is 59.3 Å². The van der Waals surface area contributed by atoms with Crippen molar-refractivity contribution in [2.45, 2.75) is 25.4 Å². The third kappa shape index (κ3) is 5.62. The Morgan fingerprint density at radius 2 is 2.16 bits per heavy atom. The maximum atomic E-state index is 10.5. The number of rotatable bonds is 4. The van der Waals surface area contributed by atoms with Crippen LogP contribution in [0.4, 0.5) is 0 Å². The molecule has 138 valence electrons. The van der Waals surface area contributed by atoms with Crippen LogP contribution in [0.2, 0.25) is 0 Å². The summed E-state index contributed by atoms with van der Waals surface area (Å²) in [6, 6.07) is 10.6. The molecular weight excluding hydrogens is 445 g/mol. The summed E-state index contributed by atoms with van der Waals surface area (Å²) in [6.07, 6.45) is 4.17. The first-order valence-electron chi connectivity index (χ1n) is 8.78. The van der Waals surface area contributed by atoms with Crippen LogP contribution in [-0.2, 0) is 0 Å². The zero-order valence-electron chi connectivity index (χ0n) is 14.8. The Hall–Kier alpha value is -0.730. The Balaban J connectivity index is 0.00000225. The Kier molecular flexibility index (Phi) is 8.09. The van der Waals surface area contributed by atoms with Gasteiger partial charge in [0.1, 0.15) is 0 Å². The van der Waals surface area contributed by atoms with Crippen molar-refractivity contribution < 1.29 is 5.11 Å². The molecule has 2 aliphatic rings. The highest BCUT2D eigenvalue weighted by Crippen LogP contribution is 2.28. The Morgan fingerprint density at radius 3 is 2.76 bits per heavy atom. The van der Waals surface area contributed by atoms with Gasteiger partial charge in [0.05, 0.1) is 12.1 Å². The number of halogens is 1. The molecule has 2 heterocycles.